The van der Waals surface area contributed by atoms with Gasteiger partial charge in [0.2, 0.25) is 5.96 Å². The van der Waals surface area contributed by atoms with Crippen LogP contribution in [0.3, 0.4) is 0 Å². The summed E-state index contributed by atoms with van der Waals surface area (Å²) in [5, 5.41) is 11.2. The summed E-state index contributed by atoms with van der Waals surface area (Å²) in [5.74, 6) is 0.0928. The monoisotopic (exact) mass is 452 g/mol. The molecule has 0 aliphatic rings. The predicted molar refractivity (Wildman–Crippen MR) is 132 cm³/mol. The molecule has 1 amide bonds. The molecule has 3 rings (SSSR count). The average molecular weight is 453 g/mol. The first kappa shape index (κ1) is 23.3. The number of rotatable bonds is 6. The van der Waals surface area contributed by atoms with Gasteiger partial charge in [0, 0.05) is 53.9 Å². The molecule has 0 aliphatic heterocycles. The van der Waals surface area contributed by atoms with Crippen molar-refractivity contribution in [3.63, 3.8) is 0 Å². The highest BCUT2D eigenvalue weighted by Gasteiger charge is 2.13. The minimum Gasteiger partial charge on any atom is -0.378 e. The number of hydrogen-bond donors (Lipinski definition) is 2. The van der Waals surface area contributed by atoms with Crippen molar-refractivity contribution < 1.29 is 4.79 Å². The smallest absolute Gasteiger partial charge is 0.258 e. The summed E-state index contributed by atoms with van der Waals surface area (Å²) in [5.41, 5.74) is 5.26. The lowest BCUT2D eigenvalue weighted by molar-refractivity contribution is 0.0977. The summed E-state index contributed by atoms with van der Waals surface area (Å²) in [6.07, 6.45) is 0. The Bertz CT molecular complexity index is 1140. The highest BCUT2D eigenvalue weighted by Crippen LogP contribution is 2.17. The molecule has 3 aromatic rings. The number of amides is 1. The SMILES string of the molecule is CCn1nc(C)c(CN=C(NC(=O)c2cccc(N(C)C)c2)Nc2cccc(Cl)c2)c1C. The Balaban J connectivity index is 1.88. The van der Waals surface area contributed by atoms with E-state index in [1.54, 1.807) is 18.2 Å². The second-order valence-electron chi connectivity index (χ2n) is 7.66. The Morgan fingerprint density at radius 1 is 1.16 bits per heavy atom. The zero-order chi connectivity index (χ0) is 23.3. The third-order valence-electron chi connectivity index (χ3n) is 5.17. The van der Waals surface area contributed by atoms with Gasteiger partial charge in [-0.1, -0.05) is 23.7 Å². The molecule has 0 fully saturated rings. The summed E-state index contributed by atoms with van der Waals surface area (Å²) in [4.78, 5) is 19.6. The van der Waals surface area contributed by atoms with Crippen LogP contribution >= 0.6 is 11.6 Å². The Morgan fingerprint density at radius 3 is 2.56 bits per heavy atom. The Morgan fingerprint density at radius 2 is 1.91 bits per heavy atom. The number of carbonyl (C=O) groups excluding carboxylic acids is 1. The van der Waals surface area contributed by atoms with Gasteiger partial charge in [-0.25, -0.2) is 4.99 Å². The van der Waals surface area contributed by atoms with Crippen molar-refractivity contribution in [2.75, 3.05) is 24.3 Å². The number of carbonyl (C=O) groups is 1. The Labute approximate surface area is 194 Å². The average Bonchev–Trinajstić information content (AvgIpc) is 3.04. The molecule has 7 nitrogen and oxygen atoms in total. The molecule has 32 heavy (non-hydrogen) atoms. The van der Waals surface area contributed by atoms with E-state index in [0.29, 0.717) is 23.1 Å². The van der Waals surface area contributed by atoms with E-state index in [1.807, 2.05) is 67.9 Å². The molecule has 1 aromatic heterocycles. The van der Waals surface area contributed by atoms with Crippen LogP contribution < -0.4 is 15.5 Å². The van der Waals surface area contributed by atoms with Gasteiger partial charge < -0.3 is 10.2 Å². The Hall–Kier alpha value is -3.32. The quantitative estimate of drug-likeness (QED) is 0.422. The molecule has 0 unspecified atom stereocenters. The van der Waals surface area contributed by atoms with E-state index < -0.39 is 0 Å². The van der Waals surface area contributed by atoms with Crippen molar-refractivity contribution in [2.24, 2.45) is 4.99 Å². The van der Waals surface area contributed by atoms with E-state index in [9.17, 15) is 4.79 Å². The standard InChI is InChI=1S/C24H29ClN6O/c1-6-31-17(3)22(16(2)29-31)15-26-24(27-20-11-8-10-19(25)14-20)28-23(32)18-9-7-12-21(13-18)30(4)5/h7-14H,6,15H2,1-5H3,(H2,26,27,28,32). The molecule has 0 saturated carbocycles. The number of aromatic nitrogens is 2. The molecule has 168 valence electrons. The number of aliphatic imine (C=N–C) groups is 1. The van der Waals surface area contributed by atoms with E-state index in [0.717, 1.165) is 34.9 Å². The Kier molecular flexibility index (Phi) is 7.53. The van der Waals surface area contributed by atoms with Crippen LogP contribution in [0, 0.1) is 13.8 Å². The minimum atomic E-state index is -0.250. The third-order valence-corrected chi connectivity index (χ3v) is 5.41. The number of nitrogens with zero attached hydrogens (tertiary/aromatic N) is 4. The van der Waals surface area contributed by atoms with Crippen LogP contribution in [-0.4, -0.2) is 35.7 Å². The van der Waals surface area contributed by atoms with Crippen molar-refractivity contribution in [3.05, 3.63) is 76.1 Å². The van der Waals surface area contributed by atoms with E-state index in [-0.39, 0.29) is 5.91 Å². The molecule has 0 spiro atoms. The molecule has 0 aliphatic carbocycles. The molecule has 2 aromatic carbocycles. The van der Waals surface area contributed by atoms with Crippen LogP contribution in [0.4, 0.5) is 11.4 Å². The van der Waals surface area contributed by atoms with Crippen LogP contribution in [0.1, 0.15) is 34.2 Å². The molecular formula is C24H29ClN6O. The maximum atomic E-state index is 13.0. The molecule has 0 atom stereocenters. The van der Waals surface area contributed by atoms with Crippen LogP contribution in [0.5, 0.6) is 0 Å². The van der Waals surface area contributed by atoms with Gasteiger partial charge in [-0.2, -0.15) is 5.10 Å². The predicted octanol–water partition coefficient (Wildman–Crippen LogP) is 4.64. The summed E-state index contributed by atoms with van der Waals surface area (Å²) < 4.78 is 1.95. The maximum absolute atomic E-state index is 13.0. The van der Waals surface area contributed by atoms with Crippen molar-refractivity contribution in [1.82, 2.24) is 15.1 Å². The van der Waals surface area contributed by atoms with Gasteiger partial charge in [-0.3, -0.25) is 14.8 Å². The van der Waals surface area contributed by atoms with Gasteiger partial charge in [0.25, 0.3) is 5.91 Å². The van der Waals surface area contributed by atoms with Crippen LogP contribution in [0.15, 0.2) is 53.5 Å². The zero-order valence-corrected chi connectivity index (χ0v) is 19.9. The lowest BCUT2D eigenvalue weighted by Crippen LogP contribution is -2.36. The van der Waals surface area contributed by atoms with Gasteiger partial charge in [-0.15, -0.1) is 0 Å². The van der Waals surface area contributed by atoms with Crippen molar-refractivity contribution >= 4 is 34.8 Å². The first-order valence-corrected chi connectivity index (χ1v) is 10.8. The topological polar surface area (TPSA) is 74.5 Å². The van der Waals surface area contributed by atoms with E-state index >= 15 is 0 Å². The third kappa shape index (κ3) is 5.68. The number of guanidine groups is 1. The molecule has 0 saturated heterocycles. The van der Waals surface area contributed by atoms with Crippen molar-refractivity contribution in [3.8, 4) is 0 Å². The molecular weight excluding hydrogens is 424 g/mol. The molecule has 0 bridgehead atoms. The summed E-state index contributed by atoms with van der Waals surface area (Å²) in [6.45, 7) is 7.24. The summed E-state index contributed by atoms with van der Waals surface area (Å²) in [6, 6.07) is 14.7. The minimum absolute atomic E-state index is 0.250. The highest BCUT2D eigenvalue weighted by molar-refractivity contribution is 6.31. The summed E-state index contributed by atoms with van der Waals surface area (Å²) >= 11 is 6.13. The second-order valence-corrected chi connectivity index (χ2v) is 8.10. The molecule has 1 heterocycles. The number of halogens is 1. The number of nitrogens with one attached hydrogen (secondary N) is 2. The normalized spacial score (nSPS) is 11.4. The van der Waals surface area contributed by atoms with Crippen molar-refractivity contribution in [2.45, 2.75) is 33.9 Å². The fourth-order valence-corrected chi connectivity index (χ4v) is 3.54. The highest BCUT2D eigenvalue weighted by atomic mass is 35.5. The lowest BCUT2D eigenvalue weighted by Gasteiger charge is -2.15. The maximum Gasteiger partial charge on any atom is 0.258 e. The van der Waals surface area contributed by atoms with Gasteiger partial charge in [-0.05, 0) is 57.2 Å². The first-order chi connectivity index (χ1) is 15.3. The van der Waals surface area contributed by atoms with E-state index in [1.165, 1.54) is 0 Å². The fourth-order valence-electron chi connectivity index (χ4n) is 3.35. The van der Waals surface area contributed by atoms with E-state index in [2.05, 4.69) is 27.6 Å². The molecule has 2 N–H and O–H groups in total. The molecule has 8 heteroatoms. The second kappa shape index (κ2) is 10.3. The number of hydrogen-bond acceptors (Lipinski definition) is 4. The van der Waals surface area contributed by atoms with Crippen LogP contribution in [0.2, 0.25) is 5.02 Å². The fraction of sp³-hybridized carbons (Fsp3) is 0.292. The zero-order valence-electron chi connectivity index (χ0n) is 19.1. The first-order valence-electron chi connectivity index (χ1n) is 10.5. The summed E-state index contributed by atoms with van der Waals surface area (Å²) in [7, 11) is 3.87. The van der Waals surface area contributed by atoms with Crippen LogP contribution in [-0.2, 0) is 13.1 Å². The van der Waals surface area contributed by atoms with Gasteiger partial charge in [0.1, 0.15) is 0 Å². The van der Waals surface area contributed by atoms with Crippen LogP contribution in [0.25, 0.3) is 0 Å². The van der Waals surface area contributed by atoms with Crippen molar-refractivity contribution in [1.29, 1.82) is 0 Å². The largest absolute Gasteiger partial charge is 0.378 e. The van der Waals surface area contributed by atoms with Gasteiger partial charge >= 0.3 is 0 Å². The number of benzene rings is 2. The number of anilines is 2. The van der Waals surface area contributed by atoms with E-state index in [4.69, 9.17) is 11.6 Å². The lowest BCUT2D eigenvalue weighted by atomic mass is 10.2. The van der Waals surface area contributed by atoms with Gasteiger partial charge in [0.15, 0.2) is 0 Å². The molecule has 0 radical (unpaired) electrons. The van der Waals surface area contributed by atoms with Gasteiger partial charge in [0.05, 0.1) is 12.2 Å². The number of aryl methyl sites for hydroxylation is 2.